The lowest BCUT2D eigenvalue weighted by molar-refractivity contribution is -0.386. The van der Waals surface area contributed by atoms with Gasteiger partial charge in [-0.15, -0.1) is 0 Å². The van der Waals surface area contributed by atoms with Crippen molar-refractivity contribution < 1.29 is 18.8 Å². The third-order valence-electron chi connectivity index (χ3n) is 2.14. The molecule has 7 heteroatoms. The number of nitro benzene ring substituents is 1. The zero-order valence-corrected chi connectivity index (χ0v) is 9.97. The van der Waals surface area contributed by atoms with Crippen LogP contribution in [0.5, 0.6) is 5.75 Å². The van der Waals surface area contributed by atoms with Gasteiger partial charge in [0.15, 0.2) is 6.10 Å². The Morgan fingerprint density at radius 2 is 2.28 bits per heavy atom. The van der Waals surface area contributed by atoms with E-state index in [9.17, 15) is 19.3 Å². The Balaban J connectivity index is 2.92. The first-order valence-corrected chi connectivity index (χ1v) is 5.34. The molecule has 6 nitrogen and oxygen atoms in total. The van der Waals surface area contributed by atoms with Gasteiger partial charge in [0.2, 0.25) is 5.75 Å². The topological polar surface area (TPSA) is 81.5 Å². The van der Waals surface area contributed by atoms with Crippen LogP contribution in [-0.2, 0) is 4.79 Å². The third-order valence-corrected chi connectivity index (χ3v) is 2.14. The van der Waals surface area contributed by atoms with E-state index in [2.05, 4.69) is 5.32 Å². The molecule has 0 aliphatic carbocycles. The number of ether oxygens (including phenoxy) is 1. The molecule has 1 amide bonds. The molecule has 0 heterocycles. The van der Waals surface area contributed by atoms with Crippen LogP contribution in [-0.4, -0.2) is 23.5 Å². The fourth-order valence-electron chi connectivity index (χ4n) is 1.30. The van der Waals surface area contributed by atoms with Gasteiger partial charge in [-0.25, -0.2) is 4.39 Å². The highest BCUT2D eigenvalue weighted by Gasteiger charge is 2.21. The number of halogens is 1. The van der Waals surface area contributed by atoms with E-state index in [1.54, 1.807) is 6.92 Å². The maximum atomic E-state index is 13.0. The van der Waals surface area contributed by atoms with E-state index in [0.717, 1.165) is 18.2 Å². The van der Waals surface area contributed by atoms with E-state index in [4.69, 9.17) is 4.74 Å². The van der Waals surface area contributed by atoms with Crippen LogP contribution >= 0.6 is 0 Å². The molecule has 0 saturated carbocycles. The quantitative estimate of drug-likeness (QED) is 0.641. The van der Waals surface area contributed by atoms with Crippen molar-refractivity contribution >= 4 is 11.6 Å². The Labute approximate surface area is 103 Å². The molecule has 0 fully saturated rings. The molecule has 0 spiro atoms. The van der Waals surface area contributed by atoms with Crippen LogP contribution in [0.4, 0.5) is 10.1 Å². The van der Waals surface area contributed by atoms with Crippen molar-refractivity contribution in [3.8, 4) is 5.75 Å². The smallest absolute Gasteiger partial charge is 0.311 e. The van der Waals surface area contributed by atoms with Gasteiger partial charge in [-0.2, -0.15) is 0 Å². The first kappa shape index (κ1) is 13.9. The zero-order chi connectivity index (χ0) is 13.7. The summed E-state index contributed by atoms with van der Waals surface area (Å²) in [5.74, 6) is -1.35. The van der Waals surface area contributed by atoms with Crippen molar-refractivity contribution in [3.05, 3.63) is 34.1 Å². The number of hydrogen-bond acceptors (Lipinski definition) is 4. The molecule has 0 aliphatic heterocycles. The van der Waals surface area contributed by atoms with E-state index >= 15 is 0 Å². The Kier molecular flexibility index (Phi) is 4.59. The first-order valence-electron chi connectivity index (χ1n) is 5.34. The van der Waals surface area contributed by atoms with Crippen LogP contribution in [0.2, 0.25) is 0 Å². The van der Waals surface area contributed by atoms with Crippen molar-refractivity contribution in [1.82, 2.24) is 5.32 Å². The summed E-state index contributed by atoms with van der Waals surface area (Å²) in [5.41, 5.74) is -0.382. The lowest BCUT2D eigenvalue weighted by atomic mass is 10.3. The molecule has 18 heavy (non-hydrogen) atoms. The SMILES string of the molecule is CCNC(=O)[C@H](C)Oc1cc(F)ccc1[N+](=O)[O-]. The van der Waals surface area contributed by atoms with Crippen LogP contribution in [0.3, 0.4) is 0 Å². The molecular formula is C11H13FN2O4. The highest BCUT2D eigenvalue weighted by molar-refractivity contribution is 5.80. The van der Waals surface area contributed by atoms with Gasteiger partial charge in [0.05, 0.1) is 4.92 Å². The largest absolute Gasteiger partial charge is 0.474 e. The Bertz CT molecular complexity index is 464. The van der Waals surface area contributed by atoms with Gasteiger partial charge >= 0.3 is 5.69 Å². The van der Waals surface area contributed by atoms with Gasteiger partial charge in [0, 0.05) is 18.7 Å². The summed E-state index contributed by atoms with van der Waals surface area (Å²) in [6.07, 6.45) is -0.939. The van der Waals surface area contributed by atoms with Gasteiger partial charge in [-0.05, 0) is 19.9 Å². The van der Waals surface area contributed by atoms with E-state index in [-0.39, 0.29) is 11.4 Å². The molecule has 0 unspecified atom stereocenters. The molecule has 1 N–H and O–H groups in total. The summed E-state index contributed by atoms with van der Waals surface area (Å²) in [6, 6.07) is 2.84. The summed E-state index contributed by atoms with van der Waals surface area (Å²) >= 11 is 0. The summed E-state index contributed by atoms with van der Waals surface area (Å²) in [6.45, 7) is 3.58. The van der Waals surface area contributed by atoms with E-state index in [0.29, 0.717) is 6.54 Å². The Morgan fingerprint density at radius 1 is 1.61 bits per heavy atom. The highest BCUT2D eigenvalue weighted by Crippen LogP contribution is 2.28. The number of hydrogen-bond donors (Lipinski definition) is 1. The van der Waals surface area contributed by atoms with Crippen molar-refractivity contribution in [1.29, 1.82) is 0 Å². The predicted octanol–water partition coefficient (Wildman–Crippen LogP) is 1.64. The fourth-order valence-corrected chi connectivity index (χ4v) is 1.30. The summed E-state index contributed by atoms with van der Waals surface area (Å²) in [5, 5.41) is 13.2. The number of rotatable bonds is 5. The fraction of sp³-hybridized carbons (Fsp3) is 0.364. The predicted molar refractivity (Wildman–Crippen MR) is 61.8 cm³/mol. The lowest BCUT2D eigenvalue weighted by Crippen LogP contribution is -2.36. The van der Waals surface area contributed by atoms with Gasteiger partial charge < -0.3 is 10.1 Å². The lowest BCUT2D eigenvalue weighted by Gasteiger charge is -2.13. The van der Waals surface area contributed by atoms with Gasteiger partial charge in [0.25, 0.3) is 5.91 Å². The Hall–Kier alpha value is -2.18. The number of carbonyl (C=O) groups is 1. The molecule has 0 radical (unpaired) electrons. The second-order valence-corrected chi connectivity index (χ2v) is 3.52. The van der Waals surface area contributed by atoms with Crippen molar-refractivity contribution in [2.45, 2.75) is 20.0 Å². The maximum Gasteiger partial charge on any atom is 0.311 e. The second-order valence-electron chi connectivity index (χ2n) is 3.52. The number of likely N-dealkylation sites (N-methyl/N-ethyl adjacent to an activating group) is 1. The zero-order valence-electron chi connectivity index (χ0n) is 9.97. The first-order chi connectivity index (χ1) is 8.45. The van der Waals surface area contributed by atoms with Crippen molar-refractivity contribution in [2.24, 2.45) is 0 Å². The van der Waals surface area contributed by atoms with E-state index in [1.165, 1.54) is 6.92 Å². The number of carbonyl (C=O) groups excluding carboxylic acids is 1. The second kappa shape index (κ2) is 5.95. The molecule has 0 aromatic heterocycles. The molecule has 0 saturated heterocycles. The highest BCUT2D eigenvalue weighted by atomic mass is 19.1. The average molecular weight is 256 g/mol. The Morgan fingerprint density at radius 3 is 2.83 bits per heavy atom. The van der Waals surface area contributed by atoms with Crippen LogP contribution in [0.1, 0.15) is 13.8 Å². The number of benzene rings is 1. The molecule has 0 bridgehead atoms. The van der Waals surface area contributed by atoms with Crippen molar-refractivity contribution in [3.63, 3.8) is 0 Å². The molecule has 1 aromatic rings. The summed E-state index contributed by atoms with van der Waals surface area (Å²) in [4.78, 5) is 21.4. The van der Waals surface area contributed by atoms with Gasteiger partial charge in [-0.1, -0.05) is 0 Å². The molecule has 98 valence electrons. The number of amides is 1. The summed E-state index contributed by atoms with van der Waals surface area (Å²) in [7, 11) is 0. The standard InChI is InChI=1S/C11H13FN2O4/c1-3-13-11(15)7(2)18-10-6-8(12)4-5-9(10)14(16)17/h4-7H,3H2,1-2H3,(H,13,15)/t7-/m0/s1. The van der Waals surface area contributed by atoms with Crippen molar-refractivity contribution in [2.75, 3.05) is 6.54 Å². The van der Waals surface area contributed by atoms with Crippen LogP contribution in [0.15, 0.2) is 18.2 Å². The molecule has 1 aromatic carbocycles. The van der Waals surface area contributed by atoms with Crippen LogP contribution in [0.25, 0.3) is 0 Å². The molecule has 1 atom stereocenters. The minimum atomic E-state index is -0.939. The monoisotopic (exact) mass is 256 g/mol. The van der Waals surface area contributed by atoms with Gasteiger partial charge in [0.1, 0.15) is 5.82 Å². The summed E-state index contributed by atoms with van der Waals surface area (Å²) < 4.78 is 18.1. The number of nitro groups is 1. The number of nitrogens with zero attached hydrogens (tertiary/aromatic N) is 1. The maximum absolute atomic E-state index is 13.0. The normalized spacial score (nSPS) is 11.7. The minimum Gasteiger partial charge on any atom is -0.474 e. The molecular weight excluding hydrogens is 243 g/mol. The molecule has 1 rings (SSSR count). The van der Waals surface area contributed by atoms with E-state index in [1.807, 2.05) is 0 Å². The third kappa shape index (κ3) is 3.41. The average Bonchev–Trinajstić information content (AvgIpc) is 2.28. The number of nitrogens with one attached hydrogen (secondary N) is 1. The molecule has 0 aliphatic rings. The van der Waals surface area contributed by atoms with Crippen LogP contribution < -0.4 is 10.1 Å². The van der Waals surface area contributed by atoms with Crippen LogP contribution in [0, 0.1) is 15.9 Å². The van der Waals surface area contributed by atoms with E-state index < -0.39 is 22.8 Å². The van der Waals surface area contributed by atoms with Gasteiger partial charge in [-0.3, -0.25) is 14.9 Å². The minimum absolute atomic E-state index is 0.265.